The number of carbonyl (C=O) groups is 1. The number of amides is 1. The van der Waals surface area contributed by atoms with Crippen LogP contribution in [0.15, 0.2) is 54.7 Å². The van der Waals surface area contributed by atoms with Crippen LogP contribution in [0.4, 0.5) is 0 Å². The van der Waals surface area contributed by atoms with E-state index in [0.717, 1.165) is 41.8 Å². The van der Waals surface area contributed by atoms with Crippen LogP contribution < -0.4 is 5.73 Å². The van der Waals surface area contributed by atoms with Gasteiger partial charge >= 0.3 is 0 Å². The molecule has 3 aromatic rings. The van der Waals surface area contributed by atoms with E-state index in [0.29, 0.717) is 18.7 Å². The number of hydrogen-bond donors (Lipinski definition) is 1. The molecule has 150 valence electrons. The molecule has 29 heavy (non-hydrogen) atoms. The summed E-state index contributed by atoms with van der Waals surface area (Å²) in [5.41, 5.74) is 11.7. The third kappa shape index (κ3) is 3.96. The Morgan fingerprint density at radius 3 is 2.45 bits per heavy atom. The SMILES string of the molecule is CCc1ccc(-c2nn(-c3ccccc3C)cc2C(=O)N2CCC(N)CC2)cc1. The summed E-state index contributed by atoms with van der Waals surface area (Å²) in [5.74, 6) is 0.0336. The van der Waals surface area contributed by atoms with Gasteiger partial charge in [-0.1, -0.05) is 49.4 Å². The predicted molar refractivity (Wildman–Crippen MR) is 116 cm³/mol. The molecule has 2 N–H and O–H groups in total. The van der Waals surface area contributed by atoms with Crippen LogP contribution in [0.5, 0.6) is 0 Å². The molecule has 0 atom stereocenters. The van der Waals surface area contributed by atoms with Crippen LogP contribution in [0.2, 0.25) is 0 Å². The Morgan fingerprint density at radius 1 is 1.10 bits per heavy atom. The van der Waals surface area contributed by atoms with Crippen molar-refractivity contribution in [1.29, 1.82) is 0 Å². The summed E-state index contributed by atoms with van der Waals surface area (Å²) in [6.45, 7) is 5.59. The molecule has 0 radical (unpaired) electrons. The molecule has 0 bridgehead atoms. The molecule has 4 rings (SSSR count). The first kappa shape index (κ1) is 19.4. The fourth-order valence-electron chi connectivity index (χ4n) is 3.86. The molecule has 1 aromatic heterocycles. The van der Waals surface area contributed by atoms with Crippen molar-refractivity contribution in [3.63, 3.8) is 0 Å². The number of rotatable bonds is 4. The Labute approximate surface area is 172 Å². The number of nitrogens with zero attached hydrogens (tertiary/aromatic N) is 3. The Kier molecular flexibility index (Phi) is 5.49. The van der Waals surface area contributed by atoms with Crippen LogP contribution in [0.3, 0.4) is 0 Å². The van der Waals surface area contributed by atoms with E-state index in [1.54, 1.807) is 0 Å². The second kappa shape index (κ2) is 8.21. The van der Waals surface area contributed by atoms with Gasteiger partial charge in [0.2, 0.25) is 0 Å². The molecule has 1 aliphatic rings. The fourth-order valence-corrected chi connectivity index (χ4v) is 3.86. The third-order valence-corrected chi connectivity index (χ3v) is 5.77. The van der Waals surface area contributed by atoms with Gasteiger partial charge in [0.15, 0.2) is 0 Å². The number of benzene rings is 2. The minimum atomic E-state index is 0.0336. The summed E-state index contributed by atoms with van der Waals surface area (Å²) in [6, 6.07) is 16.6. The van der Waals surface area contributed by atoms with Crippen LogP contribution in [-0.4, -0.2) is 39.7 Å². The normalized spacial score (nSPS) is 14.9. The van der Waals surface area contributed by atoms with Gasteiger partial charge < -0.3 is 10.6 Å². The Morgan fingerprint density at radius 2 is 1.79 bits per heavy atom. The smallest absolute Gasteiger partial charge is 0.257 e. The third-order valence-electron chi connectivity index (χ3n) is 5.77. The molecule has 0 unspecified atom stereocenters. The molecule has 2 heterocycles. The van der Waals surface area contributed by atoms with E-state index in [1.807, 2.05) is 34.0 Å². The Hall–Kier alpha value is -2.92. The zero-order valence-corrected chi connectivity index (χ0v) is 17.1. The van der Waals surface area contributed by atoms with Gasteiger partial charge in [0.1, 0.15) is 5.69 Å². The van der Waals surface area contributed by atoms with Crippen molar-refractivity contribution in [1.82, 2.24) is 14.7 Å². The summed E-state index contributed by atoms with van der Waals surface area (Å²) in [6.07, 6.45) is 4.55. The molecule has 0 saturated carbocycles. The monoisotopic (exact) mass is 388 g/mol. The molecular weight excluding hydrogens is 360 g/mol. The lowest BCUT2D eigenvalue weighted by atomic mass is 10.0. The van der Waals surface area contributed by atoms with Crippen LogP contribution >= 0.6 is 0 Å². The summed E-state index contributed by atoms with van der Waals surface area (Å²) in [5, 5.41) is 4.84. The lowest BCUT2D eigenvalue weighted by Gasteiger charge is -2.30. The maximum absolute atomic E-state index is 13.4. The van der Waals surface area contributed by atoms with E-state index in [2.05, 4.69) is 44.2 Å². The van der Waals surface area contributed by atoms with Crippen molar-refractivity contribution in [3.8, 4) is 16.9 Å². The number of para-hydroxylation sites is 1. The summed E-state index contributed by atoms with van der Waals surface area (Å²) >= 11 is 0. The number of aromatic nitrogens is 2. The summed E-state index contributed by atoms with van der Waals surface area (Å²) in [7, 11) is 0. The first-order valence-corrected chi connectivity index (χ1v) is 10.4. The van der Waals surface area contributed by atoms with E-state index in [9.17, 15) is 4.79 Å². The van der Waals surface area contributed by atoms with E-state index < -0.39 is 0 Å². The van der Waals surface area contributed by atoms with Crippen molar-refractivity contribution in [2.75, 3.05) is 13.1 Å². The van der Waals surface area contributed by atoms with Crippen LogP contribution in [0, 0.1) is 6.92 Å². The molecule has 1 aliphatic heterocycles. The zero-order valence-electron chi connectivity index (χ0n) is 17.1. The number of nitrogens with two attached hydrogens (primary N) is 1. The van der Waals surface area contributed by atoms with E-state index in [-0.39, 0.29) is 11.9 Å². The lowest BCUT2D eigenvalue weighted by Crippen LogP contribution is -2.42. The second-order valence-electron chi connectivity index (χ2n) is 7.80. The van der Waals surface area contributed by atoms with Crippen molar-refractivity contribution in [2.24, 2.45) is 5.73 Å². The van der Waals surface area contributed by atoms with Crippen molar-refractivity contribution in [3.05, 3.63) is 71.4 Å². The second-order valence-corrected chi connectivity index (χ2v) is 7.80. The highest BCUT2D eigenvalue weighted by Crippen LogP contribution is 2.27. The van der Waals surface area contributed by atoms with Gasteiger partial charge in [-0.3, -0.25) is 4.79 Å². The van der Waals surface area contributed by atoms with Gasteiger partial charge in [-0.15, -0.1) is 0 Å². The highest BCUT2D eigenvalue weighted by atomic mass is 16.2. The quantitative estimate of drug-likeness (QED) is 0.735. The molecule has 1 fully saturated rings. The molecule has 1 amide bonds. The number of hydrogen-bond acceptors (Lipinski definition) is 3. The van der Waals surface area contributed by atoms with Gasteiger partial charge in [-0.05, 0) is 43.4 Å². The average Bonchev–Trinajstić information content (AvgIpc) is 3.19. The fraction of sp³-hybridized carbons (Fsp3) is 0.333. The average molecular weight is 389 g/mol. The number of piperidine rings is 1. The molecule has 5 heteroatoms. The standard InChI is InChI=1S/C24H28N4O/c1-3-18-8-10-19(11-9-18)23-21(24(29)27-14-12-20(25)13-15-27)16-28(26-23)22-7-5-4-6-17(22)2/h4-11,16,20H,3,12-15,25H2,1-2H3. The van der Waals surface area contributed by atoms with E-state index in [1.165, 1.54) is 5.56 Å². The van der Waals surface area contributed by atoms with E-state index >= 15 is 0 Å². The zero-order chi connectivity index (χ0) is 20.4. The first-order chi connectivity index (χ1) is 14.1. The largest absolute Gasteiger partial charge is 0.338 e. The first-order valence-electron chi connectivity index (χ1n) is 10.4. The summed E-state index contributed by atoms with van der Waals surface area (Å²) in [4.78, 5) is 15.3. The van der Waals surface area contributed by atoms with Gasteiger partial charge in [-0.25, -0.2) is 4.68 Å². The number of carbonyl (C=O) groups excluding carboxylic acids is 1. The van der Waals surface area contributed by atoms with Gasteiger partial charge in [0, 0.05) is 30.9 Å². The highest BCUT2D eigenvalue weighted by molar-refractivity contribution is 6.00. The lowest BCUT2D eigenvalue weighted by molar-refractivity contribution is 0.0715. The molecular formula is C24H28N4O. The Balaban J connectivity index is 1.77. The number of likely N-dealkylation sites (tertiary alicyclic amines) is 1. The predicted octanol–water partition coefficient (Wildman–Crippen LogP) is 3.97. The van der Waals surface area contributed by atoms with Crippen molar-refractivity contribution in [2.45, 2.75) is 39.2 Å². The molecule has 0 aliphatic carbocycles. The molecule has 5 nitrogen and oxygen atoms in total. The van der Waals surface area contributed by atoms with Crippen LogP contribution in [0.1, 0.15) is 41.3 Å². The Bertz CT molecular complexity index is 998. The summed E-state index contributed by atoms with van der Waals surface area (Å²) < 4.78 is 1.83. The topological polar surface area (TPSA) is 64.2 Å². The van der Waals surface area contributed by atoms with Gasteiger partial charge in [-0.2, -0.15) is 5.10 Å². The van der Waals surface area contributed by atoms with Crippen molar-refractivity contribution < 1.29 is 4.79 Å². The van der Waals surface area contributed by atoms with Gasteiger partial charge in [0.05, 0.1) is 11.3 Å². The van der Waals surface area contributed by atoms with Gasteiger partial charge in [0.25, 0.3) is 5.91 Å². The minimum Gasteiger partial charge on any atom is -0.338 e. The van der Waals surface area contributed by atoms with E-state index in [4.69, 9.17) is 10.8 Å². The molecule has 1 saturated heterocycles. The maximum atomic E-state index is 13.4. The van der Waals surface area contributed by atoms with Crippen molar-refractivity contribution >= 4 is 5.91 Å². The molecule has 2 aromatic carbocycles. The number of aryl methyl sites for hydroxylation is 2. The molecule has 0 spiro atoms. The maximum Gasteiger partial charge on any atom is 0.257 e. The van der Waals surface area contributed by atoms with Crippen LogP contribution in [0.25, 0.3) is 16.9 Å². The minimum absolute atomic E-state index is 0.0336. The van der Waals surface area contributed by atoms with Crippen LogP contribution in [-0.2, 0) is 6.42 Å². The highest BCUT2D eigenvalue weighted by Gasteiger charge is 2.26.